The molecule has 0 radical (unpaired) electrons. The molecule has 0 unspecified atom stereocenters. The molecule has 0 fully saturated rings. The van der Waals surface area contributed by atoms with Crippen LogP contribution in [-0.2, 0) is 0 Å². The number of aromatic nitrogens is 5. The quantitative estimate of drug-likeness (QED) is 0.155. The Morgan fingerprint density at radius 2 is 0.690 bits per heavy atom. The topological polar surface area (TPSA) is 64.5 Å². The second kappa shape index (κ2) is 15.3. The SMILES string of the molecule is c1ccc(-c2cc(-c3ccccc3)nc(-c3cccc(-c4ccc(-c5ccc6ccccc6c5-c5nc(-c6ccccc6)nc(-c6ccccc6)n5)cc4)c3)n2)cc1. The average Bonchev–Trinajstić information content (AvgIpc) is 3.32. The molecule has 0 atom stereocenters. The van der Waals surface area contributed by atoms with Gasteiger partial charge in [0.1, 0.15) is 0 Å². The minimum Gasteiger partial charge on any atom is -0.228 e. The van der Waals surface area contributed by atoms with E-state index in [-0.39, 0.29) is 0 Å². The summed E-state index contributed by atoms with van der Waals surface area (Å²) in [5.41, 5.74) is 11.9. The highest BCUT2D eigenvalue weighted by Gasteiger charge is 2.19. The summed E-state index contributed by atoms with van der Waals surface area (Å²) >= 11 is 0. The van der Waals surface area contributed by atoms with E-state index in [4.69, 9.17) is 24.9 Å². The fraction of sp³-hybridized carbons (Fsp3) is 0. The first kappa shape index (κ1) is 34.6. The van der Waals surface area contributed by atoms with Crippen LogP contribution in [0, 0.1) is 0 Å². The van der Waals surface area contributed by atoms with Crippen molar-refractivity contribution >= 4 is 10.8 Å². The van der Waals surface area contributed by atoms with Gasteiger partial charge in [-0.15, -0.1) is 0 Å². The summed E-state index contributed by atoms with van der Waals surface area (Å²) in [4.78, 5) is 25.4. The normalized spacial score (nSPS) is 11.1. The molecule has 8 aromatic carbocycles. The Balaban J connectivity index is 1.06. The van der Waals surface area contributed by atoms with Crippen LogP contribution in [0.1, 0.15) is 0 Å². The molecule has 0 aliphatic heterocycles. The molecule has 0 aliphatic rings. The lowest BCUT2D eigenvalue weighted by atomic mass is 9.92. The van der Waals surface area contributed by atoms with Gasteiger partial charge in [-0.25, -0.2) is 24.9 Å². The predicted molar refractivity (Wildman–Crippen MR) is 236 cm³/mol. The zero-order valence-corrected chi connectivity index (χ0v) is 31.4. The Labute approximate surface area is 337 Å². The van der Waals surface area contributed by atoms with Crippen molar-refractivity contribution in [2.75, 3.05) is 0 Å². The zero-order chi connectivity index (χ0) is 38.7. The van der Waals surface area contributed by atoms with Crippen LogP contribution >= 0.6 is 0 Å². The van der Waals surface area contributed by atoms with Crippen molar-refractivity contribution in [3.05, 3.63) is 212 Å². The van der Waals surface area contributed by atoms with E-state index in [1.807, 2.05) is 97.1 Å². The van der Waals surface area contributed by atoms with E-state index >= 15 is 0 Å². The molecular formula is C53H35N5. The Morgan fingerprint density at radius 1 is 0.241 bits per heavy atom. The van der Waals surface area contributed by atoms with Crippen LogP contribution < -0.4 is 0 Å². The standard InChI is InChI=1S/C53H35N5/c1-5-17-39(18-6-1)47-35-48(40-19-7-2-8-20-40)55-52(54-47)44-26-15-25-43(34-44)36-28-30-38(31-29-36)46-33-32-37-16-13-14-27-45(37)49(46)53-57-50(41-21-9-3-10-22-41)56-51(58-53)42-23-11-4-12-24-42/h1-35H. The van der Waals surface area contributed by atoms with Crippen molar-refractivity contribution in [1.82, 2.24) is 24.9 Å². The van der Waals surface area contributed by atoms with Crippen LogP contribution in [0.4, 0.5) is 0 Å². The van der Waals surface area contributed by atoms with Crippen molar-refractivity contribution in [3.63, 3.8) is 0 Å². The number of nitrogens with zero attached hydrogens (tertiary/aromatic N) is 5. The average molecular weight is 742 g/mol. The van der Waals surface area contributed by atoms with Gasteiger partial charge in [-0.3, -0.25) is 0 Å². The lowest BCUT2D eigenvalue weighted by molar-refractivity contribution is 1.08. The molecule has 10 rings (SSSR count). The third kappa shape index (κ3) is 6.93. The third-order valence-electron chi connectivity index (χ3n) is 10.4. The lowest BCUT2D eigenvalue weighted by Crippen LogP contribution is -2.01. The molecule has 58 heavy (non-hydrogen) atoms. The van der Waals surface area contributed by atoms with Crippen molar-refractivity contribution in [2.45, 2.75) is 0 Å². The van der Waals surface area contributed by atoms with E-state index in [2.05, 4.69) is 115 Å². The van der Waals surface area contributed by atoms with Crippen LogP contribution in [0.3, 0.4) is 0 Å². The van der Waals surface area contributed by atoms with Gasteiger partial charge in [-0.05, 0) is 45.2 Å². The fourth-order valence-electron chi connectivity index (χ4n) is 7.44. The highest BCUT2D eigenvalue weighted by Crippen LogP contribution is 2.39. The van der Waals surface area contributed by atoms with Crippen LogP contribution in [0.2, 0.25) is 0 Å². The molecule has 5 heteroatoms. The molecule has 0 bridgehead atoms. The van der Waals surface area contributed by atoms with Crippen LogP contribution in [0.5, 0.6) is 0 Å². The van der Waals surface area contributed by atoms with Crippen LogP contribution in [0.15, 0.2) is 212 Å². The second-order valence-corrected chi connectivity index (χ2v) is 14.1. The van der Waals surface area contributed by atoms with Gasteiger partial charge < -0.3 is 0 Å². The maximum atomic E-state index is 5.16. The van der Waals surface area contributed by atoms with Crippen LogP contribution in [-0.4, -0.2) is 24.9 Å². The molecule has 2 aromatic heterocycles. The largest absolute Gasteiger partial charge is 0.228 e. The maximum absolute atomic E-state index is 5.16. The molecule has 0 saturated carbocycles. The van der Waals surface area contributed by atoms with Gasteiger partial charge in [0, 0.05) is 33.4 Å². The van der Waals surface area contributed by atoms with Gasteiger partial charge in [0.05, 0.1) is 11.4 Å². The molecule has 0 saturated heterocycles. The van der Waals surface area contributed by atoms with Gasteiger partial charge in [0.15, 0.2) is 23.3 Å². The molecule has 0 aliphatic carbocycles. The lowest BCUT2D eigenvalue weighted by Gasteiger charge is -2.15. The summed E-state index contributed by atoms with van der Waals surface area (Å²) in [6, 6.07) is 72.9. The fourth-order valence-corrected chi connectivity index (χ4v) is 7.44. The summed E-state index contributed by atoms with van der Waals surface area (Å²) in [5.74, 6) is 2.57. The third-order valence-corrected chi connectivity index (χ3v) is 10.4. The monoisotopic (exact) mass is 741 g/mol. The Morgan fingerprint density at radius 3 is 1.28 bits per heavy atom. The molecular weight excluding hydrogens is 707 g/mol. The maximum Gasteiger partial charge on any atom is 0.165 e. The van der Waals surface area contributed by atoms with Crippen molar-refractivity contribution < 1.29 is 0 Å². The highest BCUT2D eigenvalue weighted by molar-refractivity contribution is 6.03. The number of benzene rings is 8. The first-order valence-electron chi connectivity index (χ1n) is 19.3. The molecule has 0 spiro atoms. The van der Waals surface area contributed by atoms with E-state index in [0.29, 0.717) is 23.3 Å². The Kier molecular flexibility index (Phi) is 9.14. The summed E-state index contributed by atoms with van der Waals surface area (Å²) in [6.07, 6.45) is 0. The highest BCUT2D eigenvalue weighted by atomic mass is 15.0. The minimum atomic E-state index is 0.629. The molecule has 272 valence electrons. The summed E-state index contributed by atoms with van der Waals surface area (Å²) < 4.78 is 0. The Hall–Kier alpha value is -7.89. The minimum absolute atomic E-state index is 0.629. The smallest absolute Gasteiger partial charge is 0.165 e. The molecule has 2 heterocycles. The number of hydrogen-bond donors (Lipinski definition) is 0. The zero-order valence-electron chi connectivity index (χ0n) is 31.4. The molecule has 0 amide bonds. The van der Waals surface area contributed by atoms with E-state index in [1.165, 1.54) is 0 Å². The molecule has 5 nitrogen and oxygen atoms in total. The van der Waals surface area contributed by atoms with Gasteiger partial charge in [0.2, 0.25) is 0 Å². The predicted octanol–water partition coefficient (Wildman–Crippen LogP) is 13.2. The van der Waals surface area contributed by atoms with Gasteiger partial charge in [-0.2, -0.15) is 0 Å². The number of rotatable bonds is 8. The second-order valence-electron chi connectivity index (χ2n) is 14.1. The molecule has 10 aromatic rings. The van der Waals surface area contributed by atoms with Crippen LogP contribution in [0.25, 0.3) is 101 Å². The van der Waals surface area contributed by atoms with Gasteiger partial charge >= 0.3 is 0 Å². The van der Waals surface area contributed by atoms with E-state index in [0.717, 1.165) is 77.8 Å². The van der Waals surface area contributed by atoms with Crippen molar-refractivity contribution in [1.29, 1.82) is 0 Å². The first-order chi connectivity index (χ1) is 28.7. The van der Waals surface area contributed by atoms with Crippen molar-refractivity contribution in [3.8, 4) is 90.3 Å². The summed E-state index contributed by atoms with van der Waals surface area (Å²) in [7, 11) is 0. The number of fused-ring (bicyclic) bond motifs is 1. The van der Waals surface area contributed by atoms with E-state index in [9.17, 15) is 0 Å². The Bertz CT molecular complexity index is 2910. The van der Waals surface area contributed by atoms with E-state index in [1.54, 1.807) is 0 Å². The van der Waals surface area contributed by atoms with Gasteiger partial charge in [-0.1, -0.05) is 200 Å². The van der Waals surface area contributed by atoms with Gasteiger partial charge in [0.25, 0.3) is 0 Å². The van der Waals surface area contributed by atoms with E-state index < -0.39 is 0 Å². The first-order valence-corrected chi connectivity index (χ1v) is 19.3. The summed E-state index contributed by atoms with van der Waals surface area (Å²) in [5, 5.41) is 2.19. The van der Waals surface area contributed by atoms with Crippen molar-refractivity contribution in [2.24, 2.45) is 0 Å². The molecule has 0 N–H and O–H groups in total. The summed E-state index contributed by atoms with van der Waals surface area (Å²) in [6.45, 7) is 0. The number of hydrogen-bond acceptors (Lipinski definition) is 5.